The first-order valence-corrected chi connectivity index (χ1v) is 10.9. The summed E-state index contributed by atoms with van der Waals surface area (Å²) in [6.07, 6.45) is 7.62. The Labute approximate surface area is 190 Å². The van der Waals surface area contributed by atoms with Gasteiger partial charge in [-0.15, -0.1) is 0 Å². The van der Waals surface area contributed by atoms with Gasteiger partial charge in [-0.2, -0.15) is 0 Å². The summed E-state index contributed by atoms with van der Waals surface area (Å²) in [6, 6.07) is 21.1. The van der Waals surface area contributed by atoms with Crippen molar-refractivity contribution in [2.45, 2.75) is 32.0 Å². The average Bonchev–Trinajstić information content (AvgIpc) is 2.84. The van der Waals surface area contributed by atoms with Gasteiger partial charge in [-0.25, -0.2) is 0 Å². The summed E-state index contributed by atoms with van der Waals surface area (Å²) in [5, 5.41) is 14.1. The Morgan fingerprint density at radius 3 is 2.47 bits per heavy atom. The number of carbonyl (C=O) groups excluding carboxylic acids is 1. The summed E-state index contributed by atoms with van der Waals surface area (Å²) in [7, 11) is 1.80. The third-order valence-corrected chi connectivity index (χ3v) is 5.36. The first-order valence-electron chi connectivity index (χ1n) is 10.9. The van der Waals surface area contributed by atoms with Gasteiger partial charge in [0.05, 0.1) is 12.1 Å². The van der Waals surface area contributed by atoms with E-state index in [1.807, 2.05) is 85.8 Å². The summed E-state index contributed by atoms with van der Waals surface area (Å²) < 4.78 is 0. The normalized spacial score (nSPS) is 13.1. The van der Waals surface area contributed by atoms with Crippen LogP contribution in [0.2, 0.25) is 0 Å². The predicted molar refractivity (Wildman–Crippen MR) is 128 cm³/mol. The summed E-state index contributed by atoms with van der Waals surface area (Å²) in [5.74, 6) is -0.0161. The van der Waals surface area contributed by atoms with E-state index >= 15 is 0 Å². The first kappa shape index (κ1) is 23.4. The molecule has 166 valence electrons. The van der Waals surface area contributed by atoms with Crippen LogP contribution in [-0.2, 0) is 13.0 Å². The average molecular weight is 430 g/mol. The second-order valence-electron chi connectivity index (χ2n) is 7.83. The van der Waals surface area contributed by atoms with E-state index in [0.29, 0.717) is 18.7 Å². The van der Waals surface area contributed by atoms with Gasteiger partial charge in [-0.3, -0.25) is 9.78 Å². The van der Waals surface area contributed by atoms with Crippen molar-refractivity contribution in [1.82, 2.24) is 15.2 Å². The van der Waals surface area contributed by atoms with Crippen LogP contribution < -0.4 is 5.32 Å². The number of hydrogen-bond acceptors (Lipinski definition) is 4. The number of amides is 1. The van der Waals surface area contributed by atoms with E-state index in [0.717, 1.165) is 23.1 Å². The topological polar surface area (TPSA) is 65.5 Å². The third-order valence-electron chi connectivity index (χ3n) is 5.36. The fourth-order valence-corrected chi connectivity index (χ4v) is 3.60. The standard InChI is InChI=1S/C27H31N3O2/c1-3-8-25(26(31)23-10-5-4-6-11-23)29-18-16-21-12-14-24(15-13-21)27(32)30(2)20-22-9-7-17-28-19-22/h3-15,17,19,25-26,29,31H,16,18,20H2,1-2H3. The van der Waals surface area contributed by atoms with Gasteiger partial charge in [0.1, 0.15) is 0 Å². The van der Waals surface area contributed by atoms with Crippen molar-refractivity contribution in [3.8, 4) is 0 Å². The number of benzene rings is 2. The lowest BCUT2D eigenvalue weighted by molar-refractivity contribution is 0.0785. The number of allylic oxidation sites excluding steroid dienone is 1. The lowest BCUT2D eigenvalue weighted by Crippen LogP contribution is -2.34. The van der Waals surface area contributed by atoms with Crippen molar-refractivity contribution in [3.63, 3.8) is 0 Å². The number of aliphatic hydroxyl groups is 1. The second kappa shape index (κ2) is 11.9. The molecule has 0 spiro atoms. The van der Waals surface area contributed by atoms with Crippen molar-refractivity contribution in [1.29, 1.82) is 0 Å². The number of nitrogens with zero attached hydrogens (tertiary/aromatic N) is 2. The monoisotopic (exact) mass is 429 g/mol. The Balaban J connectivity index is 1.53. The number of rotatable bonds is 10. The van der Waals surface area contributed by atoms with Gasteiger partial charge in [0.15, 0.2) is 0 Å². The van der Waals surface area contributed by atoms with E-state index in [9.17, 15) is 9.90 Å². The van der Waals surface area contributed by atoms with Gasteiger partial charge < -0.3 is 15.3 Å². The van der Waals surface area contributed by atoms with E-state index < -0.39 is 6.10 Å². The number of nitrogens with one attached hydrogen (secondary N) is 1. The van der Waals surface area contributed by atoms with Crippen molar-refractivity contribution in [2.75, 3.05) is 13.6 Å². The largest absolute Gasteiger partial charge is 0.386 e. The summed E-state index contributed by atoms with van der Waals surface area (Å²) in [4.78, 5) is 18.5. The van der Waals surface area contributed by atoms with E-state index in [1.165, 1.54) is 0 Å². The third kappa shape index (κ3) is 6.61. The van der Waals surface area contributed by atoms with Crippen molar-refractivity contribution in [3.05, 3.63) is 114 Å². The molecule has 1 aromatic heterocycles. The number of hydrogen-bond donors (Lipinski definition) is 2. The Kier molecular flexibility index (Phi) is 8.72. The van der Waals surface area contributed by atoms with Crippen LogP contribution >= 0.6 is 0 Å². The number of carbonyl (C=O) groups is 1. The zero-order valence-corrected chi connectivity index (χ0v) is 18.7. The van der Waals surface area contributed by atoms with Crippen LogP contribution in [0.25, 0.3) is 0 Å². The highest BCUT2D eigenvalue weighted by molar-refractivity contribution is 5.94. The van der Waals surface area contributed by atoms with Crippen LogP contribution in [0.3, 0.4) is 0 Å². The zero-order valence-electron chi connectivity index (χ0n) is 18.7. The number of aliphatic hydroxyl groups excluding tert-OH is 1. The quantitative estimate of drug-likeness (QED) is 0.475. The number of aromatic nitrogens is 1. The summed E-state index contributed by atoms with van der Waals surface area (Å²) in [5.41, 5.74) is 3.69. The van der Waals surface area contributed by atoms with Crippen molar-refractivity contribution in [2.24, 2.45) is 0 Å². The van der Waals surface area contributed by atoms with Gasteiger partial charge >= 0.3 is 0 Å². The van der Waals surface area contributed by atoms with Crippen LogP contribution in [0.5, 0.6) is 0 Å². The SMILES string of the molecule is CC=CC(NCCc1ccc(C(=O)N(C)Cc2cccnc2)cc1)C(O)c1ccccc1. The highest BCUT2D eigenvalue weighted by atomic mass is 16.3. The molecule has 2 atom stereocenters. The molecule has 0 fully saturated rings. The maximum Gasteiger partial charge on any atom is 0.253 e. The van der Waals surface area contributed by atoms with Crippen LogP contribution in [0.4, 0.5) is 0 Å². The Bertz CT molecular complexity index is 988. The maximum atomic E-state index is 12.7. The molecule has 0 aliphatic rings. The molecule has 5 nitrogen and oxygen atoms in total. The Hall–Kier alpha value is -3.28. The highest BCUT2D eigenvalue weighted by Crippen LogP contribution is 2.17. The molecule has 0 saturated heterocycles. The van der Waals surface area contributed by atoms with E-state index in [-0.39, 0.29) is 11.9 Å². The fraction of sp³-hybridized carbons (Fsp3) is 0.259. The molecule has 3 aromatic rings. The fourth-order valence-electron chi connectivity index (χ4n) is 3.60. The van der Waals surface area contributed by atoms with Gasteiger partial charge in [0.25, 0.3) is 5.91 Å². The molecule has 0 bridgehead atoms. The van der Waals surface area contributed by atoms with Gasteiger partial charge in [0.2, 0.25) is 0 Å². The summed E-state index contributed by atoms with van der Waals surface area (Å²) >= 11 is 0. The first-order chi connectivity index (χ1) is 15.6. The molecule has 1 heterocycles. The molecular formula is C27H31N3O2. The molecule has 3 rings (SSSR count). The predicted octanol–water partition coefficient (Wildman–Crippen LogP) is 4.16. The van der Waals surface area contributed by atoms with Crippen LogP contribution in [-0.4, -0.2) is 40.5 Å². The smallest absolute Gasteiger partial charge is 0.253 e. The minimum absolute atomic E-state index is 0.0161. The van der Waals surface area contributed by atoms with Crippen molar-refractivity contribution < 1.29 is 9.90 Å². The lowest BCUT2D eigenvalue weighted by Gasteiger charge is -2.22. The molecule has 32 heavy (non-hydrogen) atoms. The van der Waals surface area contributed by atoms with Gasteiger partial charge in [-0.1, -0.05) is 60.7 Å². The minimum atomic E-state index is -0.609. The molecule has 0 aliphatic heterocycles. The van der Waals surface area contributed by atoms with Crippen LogP contribution in [0.15, 0.2) is 91.3 Å². The highest BCUT2D eigenvalue weighted by Gasteiger charge is 2.17. The maximum absolute atomic E-state index is 12.7. The number of pyridine rings is 1. The molecule has 2 aromatic carbocycles. The molecule has 2 unspecified atom stereocenters. The van der Waals surface area contributed by atoms with Crippen LogP contribution in [0.1, 0.15) is 40.1 Å². The Morgan fingerprint density at radius 1 is 1.06 bits per heavy atom. The molecule has 0 saturated carbocycles. The van der Waals surface area contributed by atoms with Crippen LogP contribution in [0, 0.1) is 0 Å². The lowest BCUT2D eigenvalue weighted by atomic mass is 10.0. The van der Waals surface area contributed by atoms with Gasteiger partial charge in [-0.05, 0) is 54.8 Å². The van der Waals surface area contributed by atoms with Crippen molar-refractivity contribution >= 4 is 5.91 Å². The molecule has 0 aliphatic carbocycles. The van der Waals surface area contributed by atoms with E-state index in [1.54, 1.807) is 24.3 Å². The molecular weight excluding hydrogens is 398 g/mol. The van der Waals surface area contributed by atoms with Gasteiger partial charge in [0, 0.05) is 31.5 Å². The Morgan fingerprint density at radius 2 is 1.81 bits per heavy atom. The summed E-state index contributed by atoms with van der Waals surface area (Å²) in [6.45, 7) is 3.19. The molecule has 1 amide bonds. The molecule has 5 heteroatoms. The molecule has 0 radical (unpaired) electrons. The molecule has 2 N–H and O–H groups in total. The second-order valence-corrected chi connectivity index (χ2v) is 7.83. The van der Waals surface area contributed by atoms with E-state index in [2.05, 4.69) is 10.3 Å². The minimum Gasteiger partial charge on any atom is -0.386 e. The zero-order chi connectivity index (χ0) is 22.8. The van der Waals surface area contributed by atoms with E-state index in [4.69, 9.17) is 0 Å².